The Morgan fingerprint density at radius 3 is 2.80 bits per heavy atom. The molecule has 0 saturated carbocycles. The van der Waals surface area contributed by atoms with Crippen LogP contribution in [0.3, 0.4) is 0 Å². The number of hydrogen-bond acceptors (Lipinski definition) is 6. The highest BCUT2D eigenvalue weighted by molar-refractivity contribution is 9.10. The van der Waals surface area contributed by atoms with Crippen LogP contribution in [0, 0.1) is 0 Å². The monoisotopic (exact) mass is 361 g/mol. The van der Waals surface area contributed by atoms with E-state index in [1.807, 2.05) is 6.92 Å². The minimum Gasteiger partial charge on any atom is -0.484 e. The van der Waals surface area contributed by atoms with Crippen molar-refractivity contribution in [2.75, 3.05) is 0 Å². The molecule has 0 aliphatic rings. The third-order valence-electron chi connectivity index (χ3n) is 2.38. The molecule has 20 heavy (non-hydrogen) atoms. The van der Waals surface area contributed by atoms with Crippen molar-refractivity contribution in [3.05, 3.63) is 34.4 Å². The highest BCUT2D eigenvalue weighted by Gasteiger charge is 2.16. The lowest BCUT2D eigenvalue weighted by atomic mass is 10.3. The van der Waals surface area contributed by atoms with Crippen molar-refractivity contribution in [2.45, 2.75) is 24.8 Å². The Morgan fingerprint density at radius 1 is 1.45 bits per heavy atom. The fourth-order valence-electron chi connectivity index (χ4n) is 1.46. The van der Waals surface area contributed by atoms with Gasteiger partial charge in [0.25, 0.3) is 0 Å². The van der Waals surface area contributed by atoms with E-state index in [0.717, 1.165) is 0 Å². The largest absolute Gasteiger partial charge is 0.484 e. The average molecular weight is 362 g/mol. The highest BCUT2D eigenvalue weighted by atomic mass is 79.9. The summed E-state index contributed by atoms with van der Waals surface area (Å²) in [6.45, 7) is 1.87. The summed E-state index contributed by atoms with van der Waals surface area (Å²) in [6.07, 6.45) is 0.619. The molecule has 0 amide bonds. The summed E-state index contributed by atoms with van der Waals surface area (Å²) in [5, 5.41) is 8.85. The normalized spacial score (nSPS) is 11.6. The van der Waals surface area contributed by atoms with Gasteiger partial charge in [0.2, 0.25) is 21.7 Å². The summed E-state index contributed by atoms with van der Waals surface area (Å²) in [5.41, 5.74) is 0. The molecule has 108 valence electrons. The van der Waals surface area contributed by atoms with Crippen LogP contribution in [-0.2, 0) is 23.1 Å². The van der Waals surface area contributed by atoms with E-state index in [2.05, 4.69) is 26.1 Å². The van der Waals surface area contributed by atoms with Crippen molar-refractivity contribution in [1.82, 2.24) is 10.1 Å². The van der Waals surface area contributed by atoms with Crippen molar-refractivity contribution in [3.8, 4) is 5.75 Å². The molecule has 2 aromatic rings. The van der Waals surface area contributed by atoms with E-state index < -0.39 is 10.0 Å². The maximum Gasteiger partial charge on any atom is 0.241 e. The summed E-state index contributed by atoms with van der Waals surface area (Å²) in [6, 6.07) is 4.53. The van der Waals surface area contributed by atoms with Gasteiger partial charge in [-0.3, -0.25) is 0 Å². The van der Waals surface area contributed by atoms with Crippen molar-refractivity contribution in [1.29, 1.82) is 0 Å². The number of ether oxygens (including phenoxy) is 1. The first kappa shape index (κ1) is 14.9. The van der Waals surface area contributed by atoms with Crippen molar-refractivity contribution >= 4 is 26.0 Å². The Labute approximate surface area is 124 Å². The predicted octanol–water partition coefficient (Wildman–Crippen LogP) is 1.62. The second kappa shape index (κ2) is 5.90. The van der Waals surface area contributed by atoms with E-state index in [0.29, 0.717) is 22.6 Å². The number of rotatable bonds is 5. The summed E-state index contributed by atoms with van der Waals surface area (Å²) in [4.78, 5) is 3.95. The van der Waals surface area contributed by atoms with Gasteiger partial charge in [0.15, 0.2) is 6.61 Å². The van der Waals surface area contributed by atoms with E-state index in [1.165, 1.54) is 12.1 Å². The molecule has 0 fully saturated rings. The Balaban J connectivity index is 2.21. The topological polar surface area (TPSA) is 108 Å². The molecule has 2 rings (SSSR count). The lowest BCUT2D eigenvalue weighted by molar-refractivity contribution is 0.278. The molecule has 0 radical (unpaired) electrons. The molecule has 0 unspecified atom stereocenters. The molecular weight excluding hydrogens is 350 g/mol. The first-order valence-corrected chi connectivity index (χ1v) is 8.00. The van der Waals surface area contributed by atoms with Crippen LogP contribution < -0.4 is 9.88 Å². The molecule has 0 bridgehead atoms. The summed E-state index contributed by atoms with van der Waals surface area (Å²) in [7, 11) is -3.88. The number of nitrogens with zero attached hydrogens (tertiary/aromatic N) is 2. The van der Waals surface area contributed by atoms with Crippen LogP contribution in [-0.4, -0.2) is 18.6 Å². The van der Waals surface area contributed by atoms with E-state index in [4.69, 9.17) is 14.4 Å². The van der Waals surface area contributed by atoms with Gasteiger partial charge in [0.1, 0.15) is 10.6 Å². The van der Waals surface area contributed by atoms with Gasteiger partial charge in [0.05, 0.1) is 0 Å². The Bertz CT molecular complexity index is 714. The molecule has 7 nitrogen and oxygen atoms in total. The summed E-state index contributed by atoms with van der Waals surface area (Å²) < 4.78 is 33.9. The van der Waals surface area contributed by atoms with E-state index in [-0.39, 0.29) is 17.3 Å². The minimum atomic E-state index is -3.88. The van der Waals surface area contributed by atoms with Crippen LogP contribution >= 0.6 is 15.9 Å². The first-order chi connectivity index (χ1) is 9.40. The maximum absolute atomic E-state index is 11.5. The zero-order chi connectivity index (χ0) is 14.8. The zero-order valence-corrected chi connectivity index (χ0v) is 12.9. The number of benzene rings is 1. The summed E-state index contributed by atoms with van der Waals surface area (Å²) in [5.74, 6) is 0.967. The molecule has 0 saturated heterocycles. The molecular formula is C11H12BrN3O4S. The SMILES string of the molecule is CCc1nc(COc2ccc(Br)cc2S(N)(=O)=O)no1. The Hall–Kier alpha value is -1.45. The molecule has 1 heterocycles. The number of hydrogen-bond donors (Lipinski definition) is 1. The number of aryl methyl sites for hydroxylation is 1. The second-order valence-electron chi connectivity index (χ2n) is 3.88. The zero-order valence-electron chi connectivity index (χ0n) is 10.5. The molecule has 0 atom stereocenters. The van der Waals surface area contributed by atoms with E-state index in [1.54, 1.807) is 6.07 Å². The molecule has 2 N–H and O–H groups in total. The lowest BCUT2D eigenvalue weighted by Gasteiger charge is -2.08. The second-order valence-corrected chi connectivity index (χ2v) is 6.33. The van der Waals surface area contributed by atoms with Gasteiger partial charge in [0, 0.05) is 10.9 Å². The van der Waals surface area contributed by atoms with Gasteiger partial charge in [-0.15, -0.1) is 0 Å². The van der Waals surface area contributed by atoms with Crippen molar-refractivity contribution in [3.63, 3.8) is 0 Å². The molecule has 0 aliphatic heterocycles. The van der Waals surface area contributed by atoms with Crippen LogP contribution in [0.15, 0.2) is 32.1 Å². The number of primary sulfonamides is 1. The summed E-state index contributed by atoms with van der Waals surface area (Å²) >= 11 is 3.18. The van der Waals surface area contributed by atoms with Gasteiger partial charge >= 0.3 is 0 Å². The third kappa shape index (κ3) is 3.56. The van der Waals surface area contributed by atoms with Gasteiger partial charge in [-0.05, 0) is 18.2 Å². The van der Waals surface area contributed by atoms with Crippen LogP contribution in [0.4, 0.5) is 0 Å². The third-order valence-corrected chi connectivity index (χ3v) is 3.81. The van der Waals surface area contributed by atoms with Gasteiger partial charge in [-0.25, -0.2) is 13.6 Å². The molecule has 1 aromatic heterocycles. The highest BCUT2D eigenvalue weighted by Crippen LogP contribution is 2.27. The van der Waals surface area contributed by atoms with Crippen LogP contribution in [0.5, 0.6) is 5.75 Å². The minimum absolute atomic E-state index is 0.00630. The van der Waals surface area contributed by atoms with Crippen LogP contribution in [0.25, 0.3) is 0 Å². The van der Waals surface area contributed by atoms with Gasteiger partial charge < -0.3 is 9.26 Å². The molecule has 0 spiro atoms. The van der Waals surface area contributed by atoms with Crippen molar-refractivity contribution < 1.29 is 17.7 Å². The van der Waals surface area contributed by atoms with Crippen LogP contribution in [0.2, 0.25) is 0 Å². The van der Waals surface area contributed by atoms with E-state index >= 15 is 0 Å². The van der Waals surface area contributed by atoms with Crippen LogP contribution in [0.1, 0.15) is 18.6 Å². The average Bonchev–Trinajstić information content (AvgIpc) is 2.84. The fraction of sp³-hybridized carbons (Fsp3) is 0.273. The first-order valence-electron chi connectivity index (χ1n) is 5.66. The smallest absolute Gasteiger partial charge is 0.241 e. The standard InChI is InChI=1S/C11H12BrN3O4S/c1-2-11-14-10(15-19-11)6-18-8-4-3-7(12)5-9(8)20(13,16)17/h3-5H,2,6H2,1H3,(H2,13,16,17). The van der Waals surface area contributed by atoms with Gasteiger partial charge in [-0.1, -0.05) is 28.0 Å². The maximum atomic E-state index is 11.5. The Morgan fingerprint density at radius 2 is 2.20 bits per heavy atom. The van der Waals surface area contributed by atoms with Gasteiger partial charge in [-0.2, -0.15) is 4.98 Å². The number of nitrogens with two attached hydrogens (primary N) is 1. The Kier molecular flexibility index (Phi) is 4.41. The number of aromatic nitrogens is 2. The number of halogens is 1. The number of sulfonamides is 1. The predicted molar refractivity (Wildman–Crippen MR) is 73.5 cm³/mol. The molecule has 0 aliphatic carbocycles. The molecule has 9 heteroatoms. The molecule has 1 aromatic carbocycles. The van der Waals surface area contributed by atoms with Crippen molar-refractivity contribution in [2.24, 2.45) is 5.14 Å². The quantitative estimate of drug-likeness (QED) is 0.866. The van der Waals surface area contributed by atoms with E-state index in [9.17, 15) is 8.42 Å². The lowest BCUT2D eigenvalue weighted by Crippen LogP contribution is -2.14. The fourth-order valence-corrected chi connectivity index (χ4v) is 2.67.